The second kappa shape index (κ2) is 7.38. The summed E-state index contributed by atoms with van der Waals surface area (Å²) in [6.07, 6.45) is 0.299. The van der Waals surface area contributed by atoms with Crippen molar-refractivity contribution < 1.29 is 17.9 Å². The summed E-state index contributed by atoms with van der Waals surface area (Å²) in [5, 5.41) is 0.336. The van der Waals surface area contributed by atoms with Crippen molar-refractivity contribution in [2.24, 2.45) is 0 Å². The number of benzene rings is 1. The maximum Gasteiger partial charge on any atom is 0.246 e. The van der Waals surface area contributed by atoms with Gasteiger partial charge in [-0.05, 0) is 38.5 Å². The third-order valence-corrected chi connectivity index (χ3v) is 6.20. The van der Waals surface area contributed by atoms with Gasteiger partial charge < -0.3 is 9.47 Å². The van der Waals surface area contributed by atoms with Crippen molar-refractivity contribution in [3.8, 4) is 11.6 Å². The molecule has 2 aromatic rings. The molecular weight excluding hydrogens is 378 g/mol. The van der Waals surface area contributed by atoms with Gasteiger partial charge in [0.25, 0.3) is 0 Å². The van der Waals surface area contributed by atoms with Gasteiger partial charge in [0.1, 0.15) is 22.6 Å². The predicted molar refractivity (Wildman–Crippen MR) is 97.3 cm³/mol. The molecule has 1 aromatic heterocycles. The van der Waals surface area contributed by atoms with Crippen LogP contribution in [0.5, 0.6) is 11.6 Å². The number of rotatable bonds is 5. The maximum absolute atomic E-state index is 13.0. The lowest BCUT2D eigenvalue weighted by Gasteiger charge is -2.19. The molecule has 0 radical (unpaired) electrons. The third kappa shape index (κ3) is 3.92. The molecule has 2 heterocycles. The third-order valence-electron chi connectivity index (χ3n) is 4.08. The number of ether oxygens (including phenoxy) is 2. The van der Waals surface area contributed by atoms with Gasteiger partial charge in [-0.15, -0.1) is 0 Å². The van der Waals surface area contributed by atoms with Crippen LogP contribution >= 0.6 is 11.6 Å². The highest BCUT2D eigenvalue weighted by atomic mass is 35.5. The number of sulfonamides is 1. The average Bonchev–Trinajstić information content (AvgIpc) is 3.03. The van der Waals surface area contributed by atoms with Crippen molar-refractivity contribution in [2.75, 3.05) is 20.2 Å². The first-order valence-corrected chi connectivity index (χ1v) is 9.94. The zero-order chi connectivity index (χ0) is 18.9. The molecule has 1 aliphatic heterocycles. The van der Waals surface area contributed by atoms with Crippen molar-refractivity contribution >= 4 is 21.6 Å². The highest BCUT2D eigenvalue weighted by Gasteiger charge is 2.35. The fourth-order valence-electron chi connectivity index (χ4n) is 2.92. The summed E-state index contributed by atoms with van der Waals surface area (Å²) in [7, 11) is -2.31. The summed E-state index contributed by atoms with van der Waals surface area (Å²) in [4.78, 5) is 8.51. The van der Waals surface area contributed by atoms with Gasteiger partial charge in [0.05, 0.1) is 13.7 Å². The molecule has 26 heavy (non-hydrogen) atoms. The molecule has 1 aromatic carbocycles. The second-order valence-corrected chi connectivity index (χ2v) is 8.42. The van der Waals surface area contributed by atoms with E-state index in [1.165, 1.54) is 17.5 Å². The van der Waals surface area contributed by atoms with Crippen LogP contribution in [0.25, 0.3) is 0 Å². The van der Waals surface area contributed by atoms with Gasteiger partial charge in [-0.3, -0.25) is 0 Å². The van der Waals surface area contributed by atoms with E-state index in [2.05, 4.69) is 9.97 Å². The molecule has 0 saturated carbocycles. The predicted octanol–water partition coefficient (Wildman–Crippen LogP) is 2.60. The van der Waals surface area contributed by atoms with Gasteiger partial charge >= 0.3 is 0 Å². The Balaban J connectivity index is 1.78. The van der Waals surface area contributed by atoms with Crippen molar-refractivity contribution in [3.05, 3.63) is 40.8 Å². The number of nitrogens with zero attached hydrogens (tertiary/aromatic N) is 3. The lowest BCUT2D eigenvalue weighted by molar-refractivity contribution is 0.206. The molecule has 1 unspecified atom stereocenters. The summed E-state index contributed by atoms with van der Waals surface area (Å²) in [6, 6.07) is 6.28. The molecule has 0 amide bonds. The Hall–Kier alpha value is -1.90. The van der Waals surface area contributed by atoms with E-state index >= 15 is 0 Å². The average molecular weight is 398 g/mol. The lowest BCUT2D eigenvalue weighted by atomic mass is 10.3. The molecule has 1 atom stereocenters. The van der Waals surface area contributed by atoms with Crippen LogP contribution in [0.4, 0.5) is 0 Å². The fourth-order valence-corrected chi connectivity index (χ4v) is 4.82. The molecular formula is C17H20ClN3O4S. The zero-order valence-corrected chi connectivity index (χ0v) is 16.3. The fraction of sp³-hybridized carbons (Fsp3) is 0.412. The zero-order valence-electron chi connectivity index (χ0n) is 14.8. The monoisotopic (exact) mass is 397 g/mol. The van der Waals surface area contributed by atoms with Gasteiger partial charge in [-0.2, -0.15) is 9.29 Å². The van der Waals surface area contributed by atoms with Crippen LogP contribution in [-0.2, 0) is 10.0 Å². The molecule has 0 N–H and O–H groups in total. The number of hydrogen-bond acceptors (Lipinski definition) is 6. The van der Waals surface area contributed by atoms with Crippen molar-refractivity contribution in [2.45, 2.75) is 31.3 Å². The summed E-state index contributed by atoms with van der Waals surface area (Å²) in [5.41, 5.74) is 0.804. The Morgan fingerprint density at radius 2 is 2.00 bits per heavy atom. The van der Waals surface area contributed by atoms with Gasteiger partial charge in [0.2, 0.25) is 15.9 Å². The molecule has 7 nitrogen and oxygen atoms in total. The maximum atomic E-state index is 13.0. The Labute approximate surface area is 158 Å². The van der Waals surface area contributed by atoms with Crippen LogP contribution in [0.3, 0.4) is 0 Å². The first-order valence-electron chi connectivity index (χ1n) is 8.12. The Kier molecular flexibility index (Phi) is 5.36. The first kappa shape index (κ1) is 18.9. The first-order chi connectivity index (χ1) is 12.3. The van der Waals surface area contributed by atoms with Gasteiger partial charge in [-0.1, -0.05) is 11.6 Å². The Bertz CT molecular complexity index is 900. The van der Waals surface area contributed by atoms with Gasteiger partial charge in [0, 0.05) is 23.3 Å². The molecule has 1 aliphatic rings. The molecule has 3 rings (SSSR count). The van der Waals surface area contributed by atoms with Crippen LogP contribution in [0, 0.1) is 13.8 Å². The van der Waals surface area contributed by atoms with E-state index in [1.807, 2.05) is 6.92 Å². The minimum absolute atomic E-state index is 0.0573. The normalized spacial score (nSPS) is 18.1. The quantitative estimate of drug-likeness (QED) is 0.771. The van der Waals surface area contributed by atoms with E-state index in [9.17, 15) is 8.42 Å². The van der Waals surface area contributed by atoms with E-state index in [4.69, 9.17) is 21.1 Å². The smallest absolute Gasteiger partial charge is 0.246 e. The topological polar surface area (TPSA) is 81.6 Å². The van der Waals surface area contributed by atoms with Gasteiger partial charge in [-0.25, -0.2) is 13.4 Å². The van der Waals surface area contributed by atoms with E-state index < -0.39 is 10.0 Å². The summed E-state index contributed by atoms with van der Waals surface area (Å²) >= 11 is 5.97. The lowest BCUT2D eigenvalue weighted by Crippen LogP contribution is -2.31. The van der Waals surface area contributed by atoms with Crippen molar-refractivity contribution in [1.82, 2.24) is 14.3 Å². The number of aromatic nitrogens is 2. The largest absolute Gasteiger partial charge is 0.495 e. The number of halogens is 1. The molecule has 140 valence electrons. The molecule has 9 heteroatoms. The van der Waals surface area contributed by atoms with Crippen molar-refractivity contribution in [1.29, 1.82) is 0 Å². The highest BCUT2D eigenvalue weighted by Crippen LogP contribution is 2.31. The number of methoxy groups -OCH3 is 1. The number of hydrogen-bond donors (Lipinski definition) is 0. The van der Waals surface area contributed by atoms with Crippen molar-refractivity contribution in [3.63, 3.8) is 0 Å². The Morgan fingerprint density at radius 3 is 2.69 bits per heavy atom. The SMILES string of the molecule is COc1ccc(Cl)cc1S(=O)(=O)N1CCC(Oc2cc(C)nc(C)n2)C1. The molecule has 0 aliphatic carbocycles. The molecule has 1 fully saturated rings. The van der Waals surface area contributed by atoms with E-state index in [0.717, 1.165) is 5.69 Å². The van der Waals surface area contributed by atoms with Gasteiger partial charge in [0.15, 0.2) is 0 Å². The molecule has 0 spiro atoms. The van der Waals surface area contributed by atoms with Crippen LogP contribution < -0.4 is 9.47 Å². The molecule has 0 bridgehead atoms. The van der Waals surface area contributed by atoms with Crippen LogP contribution in [0.2, 0.25) is 5.02 Å². The standard InChI is InChI=1S/C17H20ClN3O4S/c1-11-8-17(20-12(2)19-11)25-14-6-7-21(10-14)26(22,23)16-9-13(18)4-5-15(16)24-3/h4-5,8-9,14H,6-7,10H2,1-3H3. The van der Waals surface area contributed by atoms with Crippen LogP contribution in [0.15, 0.2) is 29.2 Å². The highest BCUT2D eigenvalue weighted by molar-refractivity contribution is 7.89. The number of aryl methyl sites for hydroxylation is 2. The molecule has 1 saturated heterocycles. The summed E-state index contributed by atoms with van der Waals surface area (Å²) in [6.45, 7) is 4.24. The van der Waals surface area contributed by atoms with Crippen LogP contribution in [0.1, 0.15) is 17.9 Å². The summed E-state index contributed by atoms with van der Waals surface area (Å²) in [5.74, 6) is 1.34. The Morgan fingerprint density at radius 1 is 1.23 bits per heavy atom. The van der Waals surface area contributed by atoms with E-state index in [-0.39, 0.29) is 23.3 Å². The van der Waals surface area contributed by atoms with E-state index in [0.29, 0.717) is 29.7 Å². The summed E-state index contributed by atoms with van der Waals surface area (Å²) < 4.78 is 38.4. The second-order valence-electron chi connectivity index (χ2n) is 6.08. The minimum atomic E-state index is -3.73. The van der Waals surface area contributed by atoms with Crippen LogP contribution in [-0.4, -0.2) is 49.0 Å². The van der Waals surface area contributed by atoms with E-state index in [1.54, 1.807) is 25.1 Å². The minimum Gasteiger partial charge on any atom is -0.495 e.